The molecule has 20 heteroatoms. The van der Waals surface area contributed by atoms with Gasteiger partial charge in [0.15, 0.2) is 0 Å². The fourth-order valence-corrected chi connectivity index (χ4v) is 6.17. The average molecular weight is 1050 g/mol. The van der Waals surface area contributed by atoms with Crippen LogP contribution < -0.4 is 0 Å². The Bertz CT molecular complexity index is 849. The van der Waals surface area contributed by atoms with E-state index in [1.54, 1.807) is 0 Å². The van der Waals surface area contributed by atoms with Crippen molar-refractivity contribution in [3.63, 3.8) is 0 Å². The molecule has 0 aliphatic carbocycles. The lowest BCUT2D eigenvalue weighted by molar-refractivity contribution is -0.0313. The minimum atomic E-state index is 0.0208. The van der Waals surface area contributed by atoms with Gasteiger partial charge in [0.05, 0.1) is 251 Å². The Hall–Kier alpha value is -0.800. The maximum Gasteiger partial charge on any atom is 0.0701 e. The van der Waals surface area contributed by atoms with Crippen LogP contribution in [-0.4, -0.2) is 263 Å². The normalized spacial score (nSPS) is 11.8. The van der Waals surface area contributed by atoms with Crippen LogP contribution in [0.5, 0.6) is 0 Å². The first-order valence-corrected chi connectivity index (χ1v) is 27.5. The molecular weight excluding hydrogens is 945 g/mol. The highest BCUT2D eigenvalue weighted by Crippen LogP contribution is 2.12. The van der Waals surface area contributed by atoms with Crippen LogP contribution in [0.15, 0.2) is 0 Å². The molecule has 0 saturated heterocycles. The van der Waals surface area contributed by atoms with Crippen molar-refractivity contribution in [1.82, 2.24) is 0 Å². The molecule has 0 fully saturated rings. The van der Waals surface area contributed by atoms with Gasteiger partial charge in [0.2, 0.25) is 0 Å². The molecule has 0 rings (SSSR count). The molecular formula is C52H106O20. The molecule has 0 aromatic rings. The van der Waals surface area contributed by atoms with Crippen LogP contribution in [0.1, 0.15) is 84.0 Å². The zero-order chi connectivity index (χ0) is 51.5. The van der Waals surface area contributed by atoms with Gasteiger partial charge in [-0.15, -0.1) is 0 Å². The third-order valence-electron chi connectivity index (χ3n) is 10.1. The first kappa shape index (κ1) is 71.2. The second-order valence-electron chi connectivity index (χ2n) is 16.2. The van der Waals surface area contributed by atoms with Gasteiger partial charge in [-0.25, -0.2) is 0 Å². The number of aliphatic hydroxyl groups excluding tert-OH is 1. The lowest BCUT2D eigenvalue weighted by Gasteiger charge is -2.09. The highest BCUT2D eigenvalue weighted by molar-refractivity contribution is 4.49. The first-order chi connectivity index (χ1) is 35.9. The largest absolute Gasteiger partial charge is 0.394 e. The number of rotatable bonds is 69. The quantitative estimate of drug-likeness (QED) is 0.0799. The van der Waals surface area contributed by atoms with Crippen LogP contribution in [0, 0.1) is 0 Å². The molecule has 0 unspecified atom stereocenters. The minimum absolute atomic E-state index is 0.0208. The van der Waals surface area contributed by atoms with Crippen LogP contribution in [0.2, 0.25) is 0 Å². The summed E-state index contributed by atoms with van der Waals surface area (Å²) >= 11 is 0. The van der Waals surface area contributed by atoms with Gasteiger partial charge in [-0.1, -0.05) is 77.6 Å². The Labute approximate surface area is 435 Å². The molecule has 0 aliphatic heterocycles. The van der Waals surface area contributed by atoms with E-state index in [-0.39, 0.29) is 6.61 Å². The van der Waals surface area contributed by atoms with Crippen molar-refractivity contribution >= 4 is 0 Å². The molecule has 0 spiro atoms. The van der Waals surface area contributed by atoms with E-state index in [0.717, 1.165) is 13.0 Å². The Morgan fingerprint density at radius 1 is 0.153 bits per heavy atom. The standard InChI is InChI=1S/C52H106O20/c1-2-3-4-5-6-7-8-9-10-11-12-13-15-54-17-19-56-21-23-58-25-27-60-29-31-62-33-35-64-37-39-66-41-43-68-45-47-70-49-51-72-52-50-71-48-46-69-44-42-67-40-38-65-36-34-63-32-30-61-28-26-59-24-22-57-20-18-55-16-14-53/h53H,2-52H2,1H3. The smallest absolute Gasteiger partial charge is 0.0701 e. The summed E-state index contributed by atoms with van der Waals surface area (Å²) in [6, 6.07) is 0. The van der Waals surface area contributed by atoms with E-state index in [1.165, 1.54) is 70.6 Å². The summed E-state index contributed by atoms with van der Waals surface area (Å²) in [5.74, 6) is 0. The van der Waals surface area contributed by atoms with E-state index < -0.39 is 0 Å². The molecule has 0 heterocycles. The SMILES string of the molecule is CCCCCCCCCCCCCCOCCOCCOCCOCCOCCOCCOCCOCCOCCOCCOCCOCCOCCOCCOCCOCCOCCOCCOCCO. The van der Waals surface area contributed by atoms with E-state index in [2.05, 4.69) is 6.92 Å². The minimum Gasteiger partial charge on any atom is -0.394 e. The van der Waals surface area contributed by atoms with Gasteiger partial charge >= 0.3 is 0 Å². The maximum atomic E-state index is 8.61. The van der Waals surface area contributed by atoms with E-state index >= 15 is 0 Å². The van der Waals surface area contributed by atoms with Crippen molar-refractivity contribution in [2.24, 2.45) is 0 Å². The summed E-state index contributed by atoms with van der Waals surface area (Å²) in [6.45, 7) is 21.8. The molecule has 0 aromatic carbocycles. The van der Waals surface area contributed by atoms with Crippen LogP contribution in [0.4, 0.5) is 0 Å². The predicted molar refractivity (Wildman–Crippen MR) is 274 cm³/mol. The van der Waals surface area contributed by atoms with Crippen molar-refractivity contribution in [2.75, 3.05) is 258 Å². The molecule has 0 bridgehead atoms. The van der Waals surface area contributed by atoms with Crippen molar-refractivity contribution in [1.29, 1.82) is 0 Å². The van der Waals surface area contributed by atoms with E-state index in [4.69, 9.17) is 95.1 Å². The molecule has 72 heavy (non-hydrogen) atoms. The zero-order valence-corrected chi connectivity index (χ0v) is 45.3. The van der Waals surface area contributed by atoms with Gasteiger partial charge in [-0.3, -0.25) is 0 Å². The van der Waals surface area contributed by atoms with Crippen molar-refractivity contribution in [3.8, 4) is 0 Å². The fraction of sp³-hybridized carbons (Fsp3) is 1.00. The number of unbranched alkanes of at least 4 members (excludes halogenated alkanes) is 11. The Kier molecular flexibility index (Phi) is 69.4. The van der Waals surface area contributed by atoms with E-state index in [1.807, 2.05) is 0 Å². The second kappa shape index (κ2) is 70.2. The molecule has 434 valence electrons. The third-order valence-corrected chi connectivity index (χ3v) is 10.1. The van der Waals surface area contributed by atoms with Crippen molar-refractivity contribution < 1.29 is 95.1 Å². The van der Waals surface area contributed by atoms with Crippen molar-refractivity contribution in [2.45, 2.75) is 84.0 Å². The summed E-state index contributed by atoms with van der Waals surface area (Å²) in [4.78, 5) is 0. The summed E-state index contributed by atoms with van der Waals surface area (Å²) in [6.07, 6.45) is 16.3. The average Bonchev–Trinajstić information content (AvgIpc) is 3.39. The van der Waals surface area contributed by atoms with Gasteiger partial charge in [-0.05, 0) is 6.42 Å². The van der Waals surface area contributed by atoms with Crippen molar-refractivity contribution in [3.05, 3.63) is 0 Å². The molecule has 0 aliphatic rings. The summed E-state index contributed by atoms with van der Waals surface area (Å²) in [5, 5.41) is 8.61. The summed E-state index contributed by atoms with van der Waals surface area (Å²) in [5.41, 5.74) is 0. The molecule has 0 radical (unpaired) electrons. The van der Waals surface area contributed by atoms with Gasteiger partial charge in [0.25, 0.3) is 0 Å². The van der Waals surface area contributed by atoms with Crippen LogP contribution in [0.3, 0.4) is 0 Å². The van der Waals surface area contributed by atoms with Gasteiger partial charge in [-0.2, -0.15) is 0 Å². The Morgan fingerprint density at radius 3 is 0.431 bits per heavy atom. The van der Waals surface area contributed by atoms with Gasteiger partial charge in [0.1, 0.15) is 0 Å². The van der Waals surface area contributed by atoms with Crippen LogP contribution in [0.25, 0.3) is 0 Å². The number of ether oxygens (including phenoxy) is 19. The molecule has 0 saturated carbocycles. The summed E-state index contributed by atoms with van der Waals surface area (Å²) < 4.78 is 104. The highest BCUT2D eigenvalue weighted by atomic mass is 16.6. The van der Waals surface area contributed by atoms with Crippen LogP contribution in [-0.2, 0) is 90.0 Å². The Morgan fingerprint density at radius 2 is 0.278 bits per heavy atom. The second-order valence-corrected chi connectivity index (χ2v) is 16.2. The molecule has 0 aromatic heterocycles. The lowest BCUT2D eigenvalue weighted by atomic mass is 10.1. The van der Waals surface area contributed by atoms with Gasteiger partial charge in [0, 0.05) is 6.61 Å². The highest BCUT2D eigenvalue weighted by Gasteiger charge is 2.00. The lowest BCUT2D eigenvalue weighted by Crippen LogP contribution is -2.16. The Balaban J connectivity index is 3.07. The molecule has 0 atom stereocenters. The van der Waals surface area contributed by atoms with E-state index in [9.17, 15) is 0 Å². The van der Waals surface area contributed by atoms with Crippen LogP contribution >= 0.6 is 0 Å². The first-order valence-electron chi connectivity index (χ1n) is 27.5. The predicted octanol–water partition coefficient (Wildman–Crippen LogP) is 5.00. The monoisotopic (exact) mass is 1050 g/mol. The third kappa shape index (κ3) is 69.2. The number of hydrogen-bond acceptors (Lipinski definition) is 20. The molecule has 20 nitrogen and oxygen atoms in total. The topological polar surface area (TPSA) is 196 Å². The molecule has 1 N–H and O–H groups in total. The fourth-order valence-electron chi connectivity index (χ4n) is 6.17. The summed E-state index contributed by atoms with van der Waals surface area (Å²) in [7, 11) is 0. The number of hydrogen-bond donors (Lipinski definition) is 1. The maximum absolute atomic E-state index is 8.61. The van der Waals surface area contributed by atoms with Gasteiger partial charge < -0.3 is 95.1 Å². The molecule has 0 amide bonds. The zero-order valence-electron chi connectivity index (χ0n) is 45.3. The number of aliphatic hydroxyl groups is 1. The van der Waals surface area contributed by atoms with E-state index in [0.29, 0.717) is 244 Å².